The molecule has 0 aliphatic carbocycles. The maximum atomic E-state index is 13.0. The Bertz CT molecular complexity index is 733. The second-order valence-corrected chi connectivity index (χ2v) is 11.2. The van der Waals surface area contributed by atoms with Crippen LogP contribution in [0.3, 0.4) is 0 Å². The maximum absolute atomic E-state index is 13.0. The Morgan fingerprint density at radius 3 is 1.46 bits per heavy atom. The Kier molecular flexibility index (Phi) is 23.2. The highest BCUT2D eigenvalue weighted by atomic mass is 16.5. The number of unbranched alkanes of at least 4 members (excludes halogenated alkanes) is 15. The molecule has 0 spiro atoms. The molecule has 238 valence electrons. The summed E-state index contributed by atoms with van der Waals surface area (Å²) in [7, 11) is 0. The molecule has 0 heterocycles. The number of aliphatic hydroxyl groups excluding tert-OH is 2. The van der Waals surface area contributed by atoms with Crippen molar-refractivity contribution >= 4 is 5.91 Å². The number of carbonyl (C=O) groups excluding carboxylic acids is 1. The molecule has 0 radical (unpaired) electrons. The summed E-state index contributed by atoms with van der Waals surface area (Å²) in [6.45, 7) is 7.88. The van der Waals surface area contributed by atoms with Crippen LogP contribution in [0.15, 0.2) is 12.1 Å². The van der Waals surface area contributed by atoms with Crippen LogP contribution < -0.4 is 19.5 Å². The molecule has 0 bridgehead atoms. The SMILES string of the molecule is CCCCCCCCOc1cc(C(=O)NCC(O)CO)cc(OCCCCCCCC)c1OCCCCCCCC. The molecule has 3 N–H and O–H groups in total. The lowest BCUT2D eigenvalue weighted by molar-refractivity contribution is 0.0801. The normalized spacial score (nSPS) is 11.8. The fourth-order valence-electron chi connectivity index (χ4n) is 4.63. The van der Waals surface area contributed by atoms with Crippen molar-refractivity contribution in [2.24, 2.45) is 0 Å². The molecule has 1 aromatic carbocycles. The number of nitrogens with one attached hydrogen (secondary N) is 1. The lowest BCUT2D eigenvalue weighted by Crippen LogP contribution is -2.33. The van der Waals surface area contributed by atoms with E-state index in [0.717, 1.165) is 38.5 Å². The Labute approximate surface area is 250 Å². The minimum Gasteiger partial charge on any atom is -0.490 e. The molecule has 1 atom stereocenters. The monoisotopic (exact) mass is 579 g/mol. The van der Waals surface area contributed by atoms with Crippen LogP contribution in [0.1, 0.15) is 147 Å². The van der Waals surface area contributed by atoms with Crippen molar-refractivity contribution in [1.82, 2.24) is 5.32 Å². The fourth-order valence-corrected chi connectivity index (χ4v) is 4.63. The summed E-state index contributed by atoms with van der Waals surface area (Å²) in [6.07, 6.45) is 20.0. The van der Waals surface area contributed by atoms with E-state index in [1.165, 1.54) is 77.0 Å². The van der Waals surface area contributed by atoms with Gasteiger partial charge >= 0.3 is 0 Å². The number of amides is 1. The fraction of sp³-hybridized carbons (Fsp3) is 0.794. The summed E-state index contributed by atoms with van der Waals surface area (Å²) in [5.41, 5.74) is 0.387. The van der Waals surface area contributed by atoms with Crippen LogP contribution in [0.4, 0.5) is 0 Å². The summed E-state index contributed by atoms with van der Waals surface area (Å²) in [4.78, 5) is 13.0. The second kappa shape index (κ2) is 25.7. The van der Waals surface area contributed by atoms with Crippen LogP contribution in [-0.2, 0) is 0 Å². The molecule has 0 fully saturated rings. The van der Waals surface area contributed by atoms with Crippen LogP contribution in [-0.4, -0.2) is 55.2 Å². The number of hydrogen-bond donors (Lipinski definition) is 3. The lowest BCUT2D eigenvalue weighted by atomic mass is 10.1. The van der Waals surface area contributed by atoms with Crippen molar-refractivity contribution in [2.75, 3.05) is 33.0 Å². The first-order valence-corrected chi connectivity index (χ1v) is 16.7. The zero-order chi connectivity index (χ0) is 30.0. The third-order valence-electron chi connectivity index (χ3n) is 7.25. The molecule has 1 amide bonds. The first kappa shape index (κ1) is 37.0. The highest BCUT2D eigenvalue weighted by Crippen LogP contribution is 2.39. The molecule has 7 nitrogen and oxygen atoms in total. The number of hydrogen-bond acceptors (Lipinski definition) is 6. The van der Waals surface area contributed by atoms with E-state index in [-0.39, 0.29) is 12.5 Å². The van der Waals surface area contributed by atoms with Crippen molar-refractivity contribution in [2.45, 2.75) is 142 Å². The van der Waals surface area contributed by atoms with E-state index in [0.29, 0.717) is 42.6 Å². The zero-order valence-corrected chi connectivity index (χ0v) is 26.5. The van der Waals surface area contributed by atoms with E-state index < -0.39 is 12.7 Å². The Hall–Kier alpha value is -1.99. The van der Waals surface area contributed by atoms with Gasteiger partial charge in [-0.1, -0.05) is 117 Å². The van der Waals surface area contributed by atoms with Gasteiger partial charge in [0, 0.05) is 12.1 Å². The lowest BCUT2D eigenvalue weighted by Gasteiger charge is -2.19. The molecule has 0 aliphatic heterocycles. The minimum atomic E-state index is -1.01. The molecule has 1 rings (SSSR count). The van der Waals surface area contributed by atoms with Gasteiger partial charge in [0.2, 0.25) is 5.75 Å². The van der Waals surface area contributed by atoms with E-state index in [1.54, 1.807) is 12.1 Å². The van der Waals surface area contributed by atoms with Gasteiger partial charge in [-0.05, 0) is 31.4 Å². The van der Waals surface area contributed by atoms with Crippen LogP contribution in [0.5, 0.6) is 17.2 Å². The summed E-state index contributed by atoms with van der Waals surface area (Å²) in [5, 5.41) is 21.5. The van der Waals surface area contributed by atoms with Crippen LogP contribution >= 0.6 is 0 Å². The summed E-state index contributed by atoms with van der Waals surface area (Å²) in [5.74, 6) is 1.27. The first-order valence-electron chi connectivity index (χ1n) is 16.7. The highest BCUT2D eigenvalue weighted by Gasteiger charge is 2.19. The quantitative estimate of drug-likeness (QED) is 0.0871. The van der Waals surface area contributed by atoms with Crippen LogP contribution in [0, 0.1) is 0 Å². The van der Waals surface area contributed by atoms with Gasteiger partial charge in [0.1, 0.15) is 0 Å². The predicted octanol–water partition coefficient (Wildman–Crippen LogP) is 7.99. The van der Waals surface area contributed by atoms with E-state index in [1.807, 2.05) is 0 Å². The van der Waals surface area contributed by atoms with Crippen LogP contribution in [0.2, 0.25) is 0 Å². The minimum absolute atomic E-state index is 0.0342. The standard InChI is InChI=1S/C34H61NO6/c1-4-7-10-13-16-19-22-39-31-25-29(34(38)35-27-30(37)28-36)26-32(40-23-20-17-14-11-8-5-2)33(31)41-24-21-18-15-12-9-6-3/h25-26,30,36-37H,4-24,27-28H2,1-3H3,(H,35,38). The van der Waals surface area contributed by atoms with Crippen molar-refractivity contribution < 1.29 is 29.2 Å². The molecule has 0 aromatic heterocycles. The van der Waals surface area contributed by atoms with Gasteiger partial charge in [0.15, 0.2) is 11.5 Å². The van der Waals surface area contributed by atoms with Crippen molar-refractivity contribution in [3.63, 3.8) is 0 Å². The molecule has 0 saturated heterocycles. The first-order chi connectivity index (χ1) is 20.1. The molecular formula is C34H61NO6. The Morgan fingerprint density at radius 1 is 0.659 bits per heavy atom. The van der Waals surface area contributed by atoms with Gasteiger partial charge in [-0.25, -0.2) is 0 Å². The van der Waals surface area contributed by atoms with E-state index in [9.17, 15) is 9.90 Å². The maximum Gasteiger partial charge on any atom is 0.251 e. The van der Waals surface area contributed by atoms with Gasteiger partial charge in [-0.2, -0.15) is 0 Å². The predicted molar refractivity (Wildman–Crippen MR) is 168 cm³/mol. The topological polar surface area (TPSA) is 97.3 Å². The second-order valence-electron chi connectivity index (χ2n) is 11.2. The van der Waals surface area contributed by atoms with Crippen molar-refractivity contribution in [3.8, 4) is 17.2 Å². The molecule has 0 saturated carbocycles. The van der Waals surface area contributed by atoms with E-state index >= 15 is 0 Å². The zero-order valence-electron chi connectivity index (χ0n) is 26.5. The third-order valence-corrected chi connectivity index (χ3v) is 7.25. The summed E-state index contributed by atoms with van der Waals surface area (Å²) < 4.78 is 18.7. The van der Waals surface area contributed by atoms with E-state index in [4.69, 9.17) is 19.3 Å². The van der Waals surface area contributed by atoms with Crippen molar-refractivity contribution in [3.05, 3.63) is 17.7 Å². The number of rotatable bonds is 28. The summed E-state index contributed by atoms with van der Waals surface area (Å²) >= 11 is 0. The molecule has 0 aliphatic rings. The number of carbonyl (C=O) groups is 1. The largest absolute Gasteiger partial charge is 0.490 e. The summed E-state index contributed by atoms with van der Waals surface area (Å²) in [6, 6.07) is 3.43. The van der Waals surface area contributed by atoms with Crippen molar-refractivity contribution in [1.29, 1.82) is 0 Å². The average molecular weight is 580 g/mol. The number of ether oxygens (including phenoxy) is 3. The van der Waals surface area contributed by atoms with E-state index in [2.05, 4.69) is 26.1 Å². The molecular weight excluding hydrogens is 518 g/mol. The van der Waals surface area contributed by atoms with Crippen LogP contribution in [0.25, 0.3) is 0 Å². The molecule has 1 aromatic rings. The molecule has 1 unspecified atom stereocenters. The van der Waals surface area contributed by atoms with Gasteiger partial charge < -0.3 is 29.7 Å². The Morgan fingerprint density at radius 2 is 1.05 bits per heavy atom. The van der Waals surface area contributed by atoms with Gasteiger partial charge in [0.05, 0.1) is 32.5 Å². The van der Waals surface area contributed by atoms with Gasteiger partial charge in [-0.3, -0.25) is 4.79 Å². The van der Waals surface area contributed by atoms with Gasteiger partial charge in [0.25, 0.3) is 5.91 Å². The average Bonchev–Trinajstić information content (AvgIpc) is 2.98. The molecule has 41 heavy (non-hydrogen) atoms. The third kappa shape index (κ3) is 18.2. The molecule has 7 heteroatoms. The highest BCUT2D eigenvalue weighted by molar-refractivity contribution is 5.95. The smallest absolute Gasteiger partial charge is 0.251 e. The van der Waals surface area contributed by atoms with Gasteiger partial charge in [-0.15, -0.1) is 0 Å². The number of aliphatic hydroxyl groups is 2. The number of benzene rings is 1. The Balaban J connectivity index is 3.00.